The third-order valence-corrected chi connectivity index (χ3v) is 3.59. The summed E-state index contributed by atoms with van der Waals surface area (Å²) in [6.07, 6.45) is -4.42. The van der Waals surface area contributed by atoms with Crippen molar-refractivity contribution in [1.82, 2.24) is 15.1 Å². The van der Waals surface area contributed by atoms with Crippen molar-refractivity contribution in [3.05, 3.63) is 50.6 Å². The van der Waals surface area contributed by atoms with Gasteiger partial charge >= 0.3 is 6.18 Å². The van der Waals surface area contributed by atoms with Gasteiger partial charge < -0.3 is 5.32 Å². The summed E-state index contributed by atoms with van der Waals surface area (Å²) < 4.78 is 38.2. The molecule has 118 valence electrons. The Morgan fingerprint density at radius 1 is 1.32 bits per heavy atom. The molecule has 0 atom stereocenters. The Morgan fingerprint density at radius 2 is 2.09 bits per heavy atom. The van der Waals surface area contributed by atoms with E-state index in [0.29, 0.717) is 10.7 Å². The van der Waals surface area contributed by atoms with Gasteiger partial charge in [-0.05, 0) is 17.5 Å². The quantitative estimate of drug-likeness (QED) is 0.907. The second kappa shape index (κ2) is 6.73. The minimum Gasteiger partial charge on any atom is -0.354 e. The van der Waals surface area contributed by atoms with E-state index in [9.17, 15) is 22.8 Å². The highest BCUT2D eigenvalue weighted by molar-refractivity contribution is 7.10. The van der Waals surface area contributed by atoms with Crippen LogP contribution in [0.4, 0.5) is 13.2 Å². The first kappa shape index (κ1) is 16.2. The average Bonchev–Trinajstić information content (AvgIpc) is 2.92. The van der Waals surface area contributed by atoms with Gasteiger partial charge in [-0.2, -0.15) is 18.3 Å². The van der Waals surface area contributed by atoms with Crippen LogP contribution in [0.1, 0.15) is 10.6 Å². The summed E-state index contributed by atoms with van der Waals surface area (Å²) in [5, 5.41) is 7.63. The summed E-state index contributed by atoms with van der Waals surface area (Å²) in [7, 11) is 0. The van der Waals surface area contributed by atoms with Crippen LogP contribution in [-0.4, -0.2) is 22.2 Å². The molecule has 2 aromatic rings. The van der Waals surface area contributed by atoms with Gasteiger partial charge in [-0.25, -0.2) is 4.68 Å². The zero-order valence-corrected chi connectivity index (χ0v) is 12.1. The van der Waals surface area contributed by atoms with Crippen LogP contribution < -0.4 is 10.9 Å². The number of hydrogen-bond donors (Lipinski definition) is 1. The predicted octanol–water partition coefficient (Wildman–Crippen LogP) is 1.68. The second-order valence-electron chi connectivity index (χ2n) is 4.38. The molecule has 0 aromatic carbocycles. The van der Waals surface area contributed by atoms with Crippen molar-refractivity contribution in [2.75, 3.05) is 6.54 Å². The molecular formula is C13H12F3N3O2S. The molecule has 0 fully saturated rings. The minimum atomic E-state index is -4.61. The molecule has 0 saturated carbocycles. The monoisotopic (exact) mass is 331 g/mol. The fraction of sp³-hybridized carbons (Fsp3) is 0.308. The molecule has 2 rings (SSSR count). The number of nitrogens with one attached hydrogen (secondary N) is 1. The lowest BCUT2D eigenvalue weighted by Crippen LogP contribution is -2.33. The highest BCUT2D eigenvalue weighted by Crippen LogP contribution is 2.26. The van der Waals surface area contributed by atoms with E-state index in [4.69, 9.17) is 0 Å². The Balaban J connectivity index is 1.91. The van der Waals surface area contributed by atoms with E-state index in [1.165, 1.54) is 11.3 Å². The molecule has 0 aliphatic carbocycles. The van der Waals surface area contributed by atoms with Gasteiger partial charge in [0, 0.05) is 17.5 Å². The summed E-state index contributed by atoms with van der Waals surface area (Å²) in [4.78, 5) is 24.0. The van der Waals surface area contributed by atoms with Gasteiger partial charge in [0.15, 0.2) is 5.69 Å². The topological polar surface area (TPSA) is 64.0 Å². The SMILES string of the molecule is O=C(Cc1cccs1)NCCn1nc(C(F)(F)F)ccc1=O. The maximum Gasteiger partial charge on any atom is 0.435 e. The van der Waals surface area contributed by atoms with E-state index in [2.05, 4.69) is 10.4 Å². The number of aromatic nitrogens is 2. The molecule has 0 bridgehead atoms. The number of thiophene rings is 1. The van der Waals surface area contributed by atoms with Crippen LogP contribution in [-0.2, 0) is 23.9 Å². The number of halogens is 3. The van der Waals surface area contributed by atoms with E-state index < -0.39 is 17.4 Å². The predicted molar refractivity (Wildman–Crippen MR) is 74.5 cm³/mol. The van der Waals surface area contributed by atoms with Gasteiger partial charge in [0.25, 0.3) is 5.56 Å². The van der Waals surface area contributed by atoms with Crippen molar-refractivity contribution in [2.45, 2.75) is 19.1 Å². The highest BCUT2D eigenvalue weighted by Gasteiger charge is 2.33. The Hall–Kier alpha value is -2.16. The Labute approximate surface area is 127 Å². The lowest BCUT2D eigenvalue weighted by Gasteiger charge is -2.09. The van der Waals surface area contributed by atoms with Crippen LogP contribution in [0.5, 0.6) is 0 Å². The van der Waals surface area contributed by atoms with Crippen LogP contribution in [0.2, 0.25) is 0 Å². The van der Waals surface area contributed by atoms with E-state index >= 15 is 0 Å². The normalized spacial score (nSPS) is 11.4. The van der Waals surface area contributed by atoms with Gasteiger partial charge in [-0.15, -0.1) is 11.3 Å². The zero-order valence-electron chi connectivity index (χ0n) is 11.3. The third-order valence-electron chi connectivity index (χ3n) is 2.72. The fourth-order valence-electron chi connectivity index (χ4n) is 1.70. The van der Waals surface area contributed by atoms with Crippen molar-refractivity contribution in [1.29, 1.82) is 0 Å². The van der Waals surface area contributed by atoms with Gasteiger partial charge in [-0.3, -0.25) is 9.59 Å². The standard InChI is InChI=1S/C13H12F3N3O2S/c14-13(15,16)10-3-4-12(21)19(18-10)6-5-17-11(20)8-9-2-1-7-22-9/h1-4,7H,5-6,8H2,(H,17,20). The number of nitrogens with zero attached hydrogens (tertiary/aromatic N) is 2. The van der Waals surface area contributed by atoms with Crippen molar-refractivity contribution in [3.63, 3.8) is 0 Å². The summed E-state index contributed by atoms with van der Waals surface area (Å²) >= 11 is 1.43. The van der Waals surface area contributed by atoms with Crippen molar-refractivity contribution < 1.29 is 18.0 Å². The largest absolute Gasteiger partial charge is 0.435 e. The summed E-state index contributed by atoms with van der Waals surface area (Å²) in [5.74, 6) is -0.262. The molecule has 22 heavy (non-hydrogen) atoms. The van der Waals surface area contributed by atoms with Crippen molar-refractivity contribution in [3.8, 4) is 0 Å². The van der Waals surface area contributed by atoms with Gasteiger partial charge in [0.05, 0.1) is 13.0 Å². The smallest absolute Gasteiger partial charge is 0.354 e. The third kappa shape index (κ3) is 4.42. The number of hydrogen-bond acceptors (Lipinski definition) is 4. The number of rotatable bonds is 5. The molecule has 5 nitrogen and oxygen atoms in total. The van der Waals surface area contributed by atoms with Gasteiger partial charge in [0.1, 0.15) is 0 Å². The number of alkyl halides is 3. The minimum absolute atomic E-state index is 0.0262. The van der Waals surface area contributed by atoms with E-state index in [0.717, 1.165) is 10.9 Å². The van der Waals surface area contributed by atoms with Crippen LogP contribution in [0, 0.1) is 0 Å². The maximum atomic E-state index is 12.5. The van der Waals surface area contributed by atoms with Crippen LogP contribution >= 0.6 is 11.3 Å². The summed E-state index contributed by atoms with van der Waals surface area (Å²) in [6.45, 7) is -0.0998. The molecule has 9 heteroatoms. The average molecular weight is 331 g/mol. The van der Waals surface area contributed by atoms with Crippen molar-refractivity contribution >= 4 is 17.2 Å². The molecule has 2 heterocycles. The molecule has 0 aliphatic rings. The van der Waals surface area contributed by atoms with E-state index in [-0.39, 0.29) is 25.4 Å². The number of carbonyl (C=O) groups excluding carboxylic acids is 1. The maximum absolute atomic E-state index is 12.5. The molecule has 1 amide bonds. The molecule has 0 unspecified atom stereocenters. The number of carbonyl (C=O) groups is 1. The Bertz CT molecular complexity index is 695. The number of amides is 1. The van der Waals surface area contributed by atoms with E-state index in [1.54, 1.807) is 0 Å². The molecular weight excluding hydrogens is 319 g/mol. The molecule has 0 radical (unpaired) electrons. The molecule has 2 aromatic heterocycles. The molecule has 0 saturated heterocycles. The lowest BCUT2D eigenvalue weighted by molar-refractivity contribution is -0.142. The fourth-order valence-corrected chi connectivity index (χ4v) is 2.40. The van der Waals surface area contributed by atoms with E-state index in [1.807, 2.05) is 17.5 Å². The summed E-state index contributed by atoms with van der Waals surface area (Å²) in [5.41, 5.74) is -1.79. The zero-order chi connectivity index (χ0) is 16.2. The summed E-state index contributed by atoms with van der Waals surface area (Å²) in [6, 6.07) is 5.07. The first-order valence-electron chi connectivity index (χ1n) is 6.31. The Kier molecular flexibility index (Phi) is 4.96. The molecule has 0 spiro atoms. The highest BCUT2D eigenvalue weighted by atomic mass is 32.1. The van der Waals surface area contributed by atoms with Gasteiger partial charge in [-0.1, -0.05) is 6.07 Å². The Morgan fingerprint density at radius 3 is 2.73 bits per heavy atom. The van der Waals surface area contributed by atoms with Crippen LogP contribution in [0.15, 0.2) is 34.4 Å². The first-order valence-corrected chi connectivity index (χ1v) is 7.18. The van der Waals surface area contributed by atoms with Crippen LogP contribution in [0.3, 0.4) is 0 Å². The van der Waals surface area contributed by atoms with Crippen molar-refractivity contribution in [2.24, 2.45) is 0 Å². The molecule has 0 aliphatic heterocycles. The molecule has 1 N–H and O–H groups in total. The van der Waals surface area contributed by atoms with Gasteiger partial charge in [0.2, 0.25) is 5.91 Å². The van der Waals surface area contributed by atoms with Crippen LogP contribution in [0.25, 0.3) is 0 Å². The lowest BCUT2D eigenvalue weighted by atomic mass is 10.3. The second-order valence-corrected chi connectivity index (χ2v) is 5.42. The first-order chi connectivity index (χ1) is 10.4.